The van der Waals surface area contributed by atoms with Crippen LogP contribution in [0.5, 0.6) is 17.2 Å². The first-order valence-corrected chi connectivity index (χ1v) is 10.2. The van der Waals surface area contributed by atoms with E-state index in [-0.39, 0.29) is 0 Å². The number of methoxy groups -OCH3 is 1. The molecule has 0 aliphatic rings. The molecule has 2 rings (SSSR count). The minimum atomic E-state index is 0.372. The lowest BCUT2D eigenvalue weighted by Gasteiger charge is -2.17. The Bertz CT molecular complexity index is 758. The lowest BCUT2D eigenvalue weighted by atomic mass is 10.0. The highest BCUT2D eigenvalue weighted by Crippen LogP contribution is 2.46. The van der Waals surface area contributed by atoms with Gasteiger partial charge in [0.2, 0.25) is 0 Å². The molecule has 0 atom stereocenters. The molecule has 0 spiro atoms. The summed E-state index contributed by atoms with van der Waals surface area (Å²) >= 11 is 12.9. The van der Waals surface area contributed by atoms with E-state index in [1.165, 1.54) is 0 Å². The van der Waals surface area contributed by atoms with Gasteiger partial charge in [0.25, 0.3) is 0 Å². The standard InChI is InChI=1S/C21H26Cl2N2O3/c1-4-6-8-27-18-10-14(11-19(21(18)25-24)28-9-7-5-2)20-16(22)12-15(26-3)13-17(20)23/h10-13,24H,4-9H2,1-3H3. The predicted octanol–water partition coefficient (Wildman–Crippen LogP) is 7.69. The van der Waals surface area contributed by atoms with Crippen molar-refractivity contribution in [1.82, 2.24) is 0 Å². The van der Waals surface area contributed by atoms with Crippen molar-refractivity contribution < 1.29 is 14.2 Å². The van der Waals surface area contributed by atoms with E-state index < -0.39 is 0 Å². The van der Waals surface area contributed by atoms with Crippen LogP contribution >= 0.6 is 23.2 Å². The number of unbranched alkanes of at least 4 members (excludes halogenated alkanes) is 2. The summed E-state index contributed by atoms with van der Waals surface area (Å²) in [5.41, 5.74) is 9.36. The summed E-state index contributed by atoms with van der Waals surface area (Å²) in [6.07, 6.45) is 3.81. The Morgan fingerprint density at radius 2 is 1.39 bits per heavy atom. The Balaban J connectivity index is 2.55. The van der Waals surface area contributed by atoms with Crippen LogP contribution in [0.15, 0.2) is 29.4 Å². The van der Waals surface area contributed by atoms with Crippen LogP contribution in [0.3, 0.4) is 0 Å². The van der Waals surface area contributed by atoms with Crippen molar-refractivity contribution in [2.45, 2.75) is 39.5 Å². The second-order valence-electron chi connectivity index (χ2n) is 6.30. The van der Waals surface area contributed by atoms with Crippen molar-refractivity contribution in [3.05, 3.63) is 34.3 Å². The summed E-state index contributed by atoms with van der Waals surface area (Å²) in [5, 5.41) is 4.56. The second-order valence-corrected chi connectivity index (χ2v) is 7.12. The summed E-state index contributed by atoms with van der Waals surface area (Å²) < 4.78 is 17.0. The van der Waals surface area contributed by atoms with Gasteiger partial charge in [-0.15, -0.1) is 0 Å². The third-order valence-corrected chi connectivity index (χ3v) is 4.80. The number of ether oxygens (including phenoxy) is 3. The van der Waals surface area contributed by atoms with Gasteiger partial charge < -0.3 is 14.2 Å². The SMILES string of the molecule is CCCCOc1cc(-c2c(Cl)cc(OC)cc2Cl)cc(OCCCC)c1N=N. The number of benzene rings is 2. The molecule has 0 radical (unpaired) electrons. The molecule has 28 heavy (non-hydrogen) atoms. The molecule has 0 aromatic heterocycles. The fourth-order valence-electron chi connectivity index (χ4n) is 2.65. The Labute approximate surface area is 176 Å². The first kappa shape index (κ1) is 22.3. The van der Waals surface area contributed by atoms with Crippen LogP contribution in [0.1, 0.15) is 39.5 Å². The number of rotatable bonds is 11. The van der Waals surface area contributed by atoms with Crippen molar-refractivity contribution in [2.24, 2.45) is 5.11 Å². The molecule has 0 unspecified atom stereocenters. The van der Waals surface area contributed by atoms with Gasteiger partial charge in [0.05, 0.1) is 30.4 Å². The van der Waals surface area contributed by atoms with Crippen molar-refractivity contribution in [1.29, 1.82) is 5.53 Å². The Morgan fingerprint density at radius 3 is 1.79 bits per heavy atom. The third kappa shape index (κ3) is 5.52. The summed E-state index contributed by atoms with van der Waals surface area (Å²) in [7, 11) is 1.56. The van der Waals surface area contributed by atoms with E-state index in [0.717, 1.165) is 31.2 Å². The molecular weight excluding hydrogens is 399 g/mol. The van der Waals surface area contributed by atoms with Gasteiger partial charge >= 0.3 is 0 Å². The molecule has 0 saturated carbocycles. The van der Waals surface area contributed by atoms with Crippen LogP contribution in [0.4, 0.5) is 5.69 Å². The van der Waals surface area contributed by atoms with Gasteiger partial charge in [-0.2, -0.15) is 5.11 Å². The van der Waals surface area contributed by atoms with E-state index in [1.807, 2.05) is 0 Å². The highest BCUT2D eigenvalue weighted by Gasteiger charge is 2.18. The first-order chi connectivity index (χ1) is 13.5. The Kier molecular flexibility index (Phi) is 8.87. The molecular formula is C21H26Cl2N2O3. The van der Waals surface area contributed by atoms with Crippen molar-refractivity contribution in [2.75, 3.05) is 20.3 Å². The molecule has 0 aliphatic heterocycles. The minimum absolute atomic E-state index is 0.372. The van der Waals surface area contributed by atoms with Gasteiger partial charge in [0.1, 0.15) is 5.75 Å². The fraction of sp³-hybridized carbons (Fsp3) is 0.429. The summed E-state index contributed by atoms with van der Waals surface area (Å²) in [6.45, 7) is 5.24. The van der Waals surface area contributed by atoms with Crippen LogP contribution < -0.4 is 14.2 Å². The molecule has 0 saturated heterocycles. The maximum absolute atomic E-state index is 7.60. The highest BCUT2D eigenvalue weighted by atomic mass is 35.5. The van der Waals surface area contributed by atoms with Crippen LogP contribution in [-0.2, 0) is 0 Å². The molecule has 0 amide bonds. The van der Waals surface area contributed by atoms with Gasteiger partial charge in [0.15, 0.2) is 17.2 Å². The van der Waals surface area contributed by atoms with Crippen LogP contribution in [0.25, 0.3) is 11.1 Å². The zero-order valence-electron chi connectivity index (χ0n) is 16.5. The molecule has 2 aromatic carbocycles. The van der Waals surface area contributed by atoms with E-state index in [9.17, 15) is 0 Å². The van der Waals surface area contributed by atoms with Gasteiger partial charge in [0, 0.05) is 5.56 Å². The molecule has 152 valence electrons. The molecule has 1 N–H and O–H groups in total. The van der Waals surface area contributed by atoms with E-state index in [1.54, 1.807) is 31.4 Å². The number of hydrogen-bond donors (Lipinski definition) is 1. The largest absolute Gasteiger partial charge is 0.497 e. The van der Waals surface area contributed by atoms with E-state index in [0.29, 0.717) is 51.8 Å². The van der Waals surface area contributed by atoms with E-state index in [4.69, 9.17) is 42.9 Å². The number of nitrogens with zero attached hydrogens (tertiary/aromatic N) is 1. The normalized spacial score (nSPS) is 10.6. The summed E-state index contributed by atoms with van der Waals surface area (Å²) in [5.74, 6) is 1.54. The molecule has 0 bridgehead atoms. The zero-order valence-corrected chi connectivity index (χ0v) is 18.0. The first-order valence-electron chi connectivity index (χ1n) is 9.40. The molecule has 2 aromatic rings. The van der Waals surface area contributed by atoms with Crippen LogP contribution in [-0.4, -0.2) is 20.3 Å². The number of nitrogens with one attached hydrogen (secondary N) is 1. The van der Waals surface area contributed by atoms with Crippen molar-refractivity contribution >= 4 is 28.9 Å². The monoisotopic (exact) mass is 424 g/mol. The minimum Gasteiger partial charge on any atom is -0.497 e. The summed E-state index contributed by atoms with van der Waals surface area (Å²) in [4.78, 5) is 0. The second kappa shape index (κ2) is 11.1. The van der Waals surface area contributed by atoms with Gasteiger partial charge in [-0.05, 0) is 42.7 Å². The summed E-state index contributed by atoms with van der Waals surface area (Å²) in [6, 6.07) is 7.02. The lowest BCUT2D eigenvalue weighted by Crippen LogP contribution is -2.01. The molecule has 0 fully saturated rings. The van der Waals surface area contributed by atoms with E-state index >= 15 is 0 Å². The van der Waals surface area contributed by atoms with Gasteiger partial charge in [-0.1, -0.05) is 49.9 Å². The van der Waals surface area contributed by atoms with Crippen LogP contribution in [0.2, 0.25) is 10.0 Å². The molecule has 5 nitrogen and oxygen atoms in total. The quantitative estimate of drug-likeness (QED) is 0.296. The Hall–Kier alpha value is -1.98. The predicted molar refractivity (Wildman–Crippen MR) is 114 cm³/mol. The van der Waals surface area contributed by atoms with Crippen LogP contribution in [0, 0.1) is 5.53 Å². The number of halogens is 2. The number of hydrogen-bond acceptors (Lipinski definition) is 5. The zero-order chi connectivity index (χ0) is 20.5. The molecule has 0 aliphatic carbocycles. The maximum Gasteiger partial charge on any atom is 0.169 e. The van der Waals surface area contributed by atoms with E-state index in [2.05, 4.69) is 19.0 Å². The van der Waals surface area contributed by atoms with Gasteiger partial charge in [-0.3, -0.25) is 0 Å². The topological polar surface area (TPSA) is 63.9 Å². The fourth-order valence-corrected chi connectivity index (χ4v) is 3.34. The van der Waals surface area contributed by atoms with Crippen molar-refractivity contribution in [3.63, 3.8) is 0 Å². The molecule has 0 heterocycles. The third-order valence-electron chi connectivity index (χ3n) is 4.20. The van der Waals surface area contributed by atoms with Crippen molar-refractivity contribution in [3.8, 4) is 28.4 Å². The average Bonchev–Trinajstić information content (AvgIpc) is 2.67. The average molecular weight is 425 g/mol. The lowest BCUT2D eigenvalue weighted by molar-refractivity contribution is 0.296. The molecule has 7 heteroatoms. The Morgan fingerprint density at radius 1 is 0.893 bits per heavy atom. The highest BCUT2D eigenvalue weighted by molar-refractivity contribution is 6.39. The van der Waals surface area contributed by atoms with Gasteiger partial charge in [-0.25, -0.2) is 5.53 Å². The maximum atomic E-state index is 7.60. The smallest absolute Gasteiger partial charge is 0.169 e.